The second-order valence-corrected chi connectivity index (χ2v) is 4.87. The van der Waals surface area contributed by atoms with Gasteiger partial charge in [-0.05, 0) is 60.0 Å². The minimum atomic E-state index is -0.243. The van der Waals surface area contributed by atoms with E-state index in [1.54, 1.807) is 13.0 Å². The maximum Gasteiger partial charge on any atom is 0.133 e. The van der Waals surface area contributed by atoms with Crippen molar-refractivity contribution in [3.63, 3.8) is 0 Å². The SMILES string of the molecule is Cc1cc(C)c(-c2cc(Br)nc(C)n2)c(F)c1. The van der Waals surface area contributed by atoms with Gasteiger partial charge in [-0.2, -0.15) is 0 Å². The fourth-order valence-electron chi connectivity index (χ4n) is 1.90. The van der Waals surface area contributed by atoms with Gasteiger partial charge >= 0.3 is 0 Å². The molecule has 0 saturated carbocycles. The molecule has 0 spiro atoms. The number of aromatic nitrogens is 2. The van der Waals surface area contributed by atoms with Crippen molar-refractivity contribution in [2.45, 2.75) is 20.8 Å². The van der Waals surface area contributed by atoms with Crippen LogP contribution in [0.3, 0.4) is 0 Å². The minimum Gasteiger partial charge on any atom is -0.233 e. The highest BCUT2D eigenvalue weighted by atomic mass is 79.9. The molecule has 0 saturated heterocycles. The fraction of sp³-hybridized carbons (Fsp3) is 0.231. The molecule has 0 aliphatic rings. The molecule has 2 aromatic rings. The number of hydrogen-bond acceptors (Lipinski definition) is 2. The number of nitrogens with zero attached hydrogens (tertiary/aromatic N) is 2. The Morgan fingerprint density at radius 1 is 1.06 bits per heavy atom. The second kappa shape index (κ2) is 4.53. The molecule has 17 heavy (non-hydrogen) atoms. The molecule has 0 fully saturated rings. The summed E-state index contributed by atoms with van der Waals surface area (Å²) in [5.41, 5.74) is 2.95. The molecule has 0 N–H and O–H groups in total. The van der Waals surface area contributed by atoms with E-state index >= 15 is 0 Å². The van der Waals surface area contributed by atoms with Crippen molar-refractivity contribution in [2.75, 3.05) is 0 Å². The van der Waals surface area contributed by atoms with Crippen LogP contribution in [0.25, 0.3) is 11.3 Å². The molecule has 0 unspecified atom stereocenters. The zero-order chi connectivity index (χ0) is 12.6. The van der Waals surface area contributed by atoms with E-state index < -0.39 is 0 Å². The van der Waals surface area contributed by atoms with Crippen molar-refractivity contribution in [3.05, 3.63) is 45.6 Å². The molecular formula is C13H12BrFN2. The van der Waals surface area contributed by atoms with Gasteiger partial charge in [-0.25, -0.2) is 14.4 Å². The van der Waals surface area contributed by atoms with Crippen molar-refractivity contribution < 1.29 is 4.39 Å². The molecule has 88 valence electrons. The predicted molar refractivity (Wildman–Crippen MR) is 69.3 cm³/mol. The summed E-state index contributed by atoms with van der Waals surface area (Å²) in [6.45, 7) is 5.55. The van der Waals surface area contributed by atoms with E-state index in [9.17, 15) is 4.39 Å². The van der Waals surface area contributed by atoms with Crippen LogP contribution in [0.15, 0.2) is 22.8 Å². The highest BCUT2D eigenvalue weighted by Gasteiger charge is 2.12. The molecule has 1 aromatic carbocycles. The summed E-state index contributed by atoms with van der Waals surface area (Å²) in [7, 11) is 0. The molecule has 0 aliphatic carbocycles. The summed E-state index contributed by atoms with van der Waals surface area (Å²) in [5, 5.41) is 0. The molecule has 4 heteroatoms. The van der Waals surface area contributed by atoms with Gasteiger partial charge in [0.2, 0.25) is 0 Å². The van der Waals surface area contributed by atoms with E-state index in [2.05, 4.69) is 25.9 Å². The van der Waals surface area contributed by atoms with Crippen LogP contribution in [0.1, 0.15) is 17.0 Å². The van der Waals surface area contributed by atoms with Crippen molar-refractivity contribution in [1.29, 1.82) is 0 Å². The van der Waals surface area contributed by atoms with Gasteiger partial charge in [0.25, 0.3) is 0 Å². The van der Waals surface area contributed by atoms with Crippen LogP contribution in [0.4, 0.5) is 4.39 Å². The maximum atomic E-state index is 14.0. The highest BCUT2D eigenvalue weighted by molar-refractivity contribution is 9.10. The van der Waals surface area contributed by atoms with E-state index in [0.29, 0.717) is 21.7 Å². The van der Waals surface area contributed by atoms with Crippen LogP contribution in [-0.4, -0.2) is 9.97 Å². The number of benzene rings is 1. The van der Waals surface area contributed by atoms with Crippen LogP contribution >= 0.6 is 15.9 Å². The lowest BCUT2D eigenvalue weighted by Gasteiger charge is -2.09. The quantitative estimate of drug-likeness (QED) is 0.744. The Kier molecular flexibility index (Phi) is 3.24. The molecule has 0 aliphatic heterocycles. The van der Waals surface area contributed by atoms with Gasteiger partial charge in [0.15, 0.2) is 0 Å². The van der Waals surface area contributed by atoms with Crippen molar-refractivity contribution >= 4 is 15.9 Å². The molecule has 2 nitrogen and oxygen atoms in total. The summed E-state index contributed by atoms with van der Waals surface area (Å²) in [6, 6.07) is 5.20. The lowest BCUT2D eigenvalue weighted by Crippen LogP contribution is -1.97. The first-order valence-electron chi connectivity index (χ1n) is 5.25. The Hall–Kier alpha value is -1.29. The Balaban J connectivity index is 2.68. The Bertz CT molecular complexity index is 538. The molecule has 1 heterocycles. The van der Waals surface area contributed by atoms with Crippen LogP contribution < -0.4 is 0 Å². The normalized spacial score (nSPS) is 10.6. The smallest absolute Gasteiger partial charge is 0.133 e. The van der Waals surface area contributed by atoms with Gasteiger partial charge in [-0.15, -0.1) is 0 Å². The summed E-state index contributed by atoms with van der Waals surface area (Å²) in [6.07, 6.45) is 0. The van der Waals surface area contributed by atoms with Crippen LogP contribution in [0, 0.1) is 26.6 Å². The van der Waals surface area contributed by atoms with E-state index in [4.69, 9.17) is 0 Å². The number of aryl methyl sites for hydroxylation is 3. The summed E-state index contributed by atoms with van der Waals surface area (Å²) in [4.78, 5) is 8.39. The van der Waals surface area contributed by atoms with Gasteiger partial charge in [-0.1, -0.05) is 6.07 Å². The summed E-state index contributed by atoms with van der Waals surface area (Å²) in [5.74, 6) is 0.376. The van der Waals surface area contributed by atoms with Crippen LogP contribution in [0.5, 0.6) is 0 Å². The maximum absolute atomic E-state index is 14.0. The first kappa shape index (κ1) is 12.2. The molecule has 0 atom stereocenters. The zero-order valence-electron chi connectivity index (χ0n) is 9.88. The fourth-order valence-corrected chi connectivity index (χ4v) is 2.37. The Labute approximate surface area is 108 Å². The predicted octanol–water partition coefficient (Wildman–Crippen LogP) is 3.97. The van der Waals surface area contributed by atoms with E-state index in [-0.39, 0.29) is 5.82 Å². The number of rotatable bonds is 1. The van der Waals surface area contributed by atoms with Crippen molar-refractivity contribution in [1.82, 2.24) is 9.97 Å². The molecular weight excluding hydrogens is 283 g/mol. The Morgan fingerprint density at radius 2 is 1.76 bits per heavy atom. The summed E-state index contributed by atoms with van der Waals surface area (Å²) >= 11 is 3.30. The largest absolute Gasteiger partial charge is 0.233 e. The van der Waals surface area contributed by atoms with E-state index in [1.807, 2.05) is 19.9 Å². The van der Waals surface area contributed by atoms with Crippen molar-refractivity contribution in [2.24, 2.45) is 0 Å². The summed E-state index contributed by atoms with van der Waals surface area (Å²) < 4.78 is 14.7. The number of hydrogen-bond donors (Lipinski definition) is 0. The second-order valence-electron chi connectivity index (χ2n) is 4.06. The molecule has 2 rings (SSSR count). The van der Waals surface area contributed by atoms with Crippen LogP contribution in [0.2, 0.25) is 0 Å². The zero-order valence-corrected chi connectivity index (χ0v) is 11.5. The number of halogens is 2. The standard InChI is InChI=1S/C13H12BrFN2/c1-7-4-8(2)13(10(15)5-7)11-6-12(14)17-9(3)16-11/h4-6H,1-3H3. The van der Waals surface area contributed by atoms with Gasteiger partial charge < -0.3 is 0 Å². The van der Waals surface area contributed by atoms with E-state index in [0.717, 1.165) is 11.1 Å². The highest BCUT2D eigenvalue weighted by Crippen LogP contribution is 2.27. The molecule has 0 radical (unpaired) electrons. The van der Waals surface area contributed by atoms with Gasteiger partial charge in [0.05, 0.1) is 5.69 Å². The van der Waals surface area contributed by atoms with Crippen LogP contribution in [-0.2, 0) is 0 Å². The van der Waals surface area contributed by atoms with E-state index in [1.165, 1.54) is 6.07 Å². The Morgan fingerprint density at radius 3 is 2.35 bits per heavy atom. The van der Waals surface area contributed by atoms with Gasteiger partial charge in [0.1, 0.15) is 16.2 Å². The first-order valence-corrected chi connectivity index (χ1v) is 6.05. The average molecular weight is 295 g/mol. The molecule has 0 bridgehead atoms. The molecule has 1 aromatic heterocycles. The van der Waals surface area contributed by atoms with Crippen molar-refractivity contribution in [3.8, 4) is 11.3 Å². The third-order valence-corrected chi connectivity index (χ3v) is 2.90. The first-order chi connectivity index (χ1) is 7.97. The third-order valence-electron chi connectivity index (χ3n) is 2.49. The average Bonchev–Trinajstić information content (AvgIpc) is 2.13. The monoisotopic (exact) mass is 294 g/mol. The lowest BCUT2D eigenvalue weighted by molar-refractivity contribution is 0.628. The molecule has 0 amide bonds. The third kappa shape index (κ3) is 2.52. The van der Waals surface area contributed by atoms with Gasteiger partial charge in [-0.3, -0.25) is 0 Å². The minimum absolute atomic E-state index is 0.243. The topological polar surface area (TPSA) is 25.8 Å². The lowest BCUT2D eigenvalue weighted by atomic mass is 10.0. The van der Waals surface area contributed by atoms with Gasteiger partial charge in [0, 0.05) is 5.56 Å².